The zero-order chi connectivity index (χ0) is 9.84. The lowest BCUT2D eigenvalue weighted by Crippen LogP contribution is -2.04. The maximum atomic E-state index is 10.8. The van der Waals surface area contributed by atoms with Crippen molar-refractivity contribution in [3.8, 4) is 0 Å². The van der Waals surface area contributed by atoms with E-state index in [1.807, 2.05) is 6.92 Å². The van der Waals surface area contributed by atoms with Gasteiger partial charge in [-0.3, -0.25) is 0 Å². The Morgan fingerprint density at radius 2 is 2.46 bits per heavy atom. The number of ether oxygens (including phenoxy) is 2. The zero-order valence-electron chi connectivity index (χ0n) is 8.00. The molecule has 0 aromatic rings. The van der Waals surface area contributed by atoms with Gasteiger partial charge in [0.15, 0.2) is 0 Å². The van der Waals surface area contributed by atoms with E-state index >= 15 is 0 Å². The highest BCUT2D eigenvalue weighted by Crippen LogP contribution is 2.26. The summed E-state index contributed by atoms with van der Waals surface area (Å²) in [6.07, 6.45) is 3.14. The van der Waals surface area contributed by atoms with Gasteiger partial charge in [-0.15, -0.1) is 0 Å². The van der Waals surface area contributed by atoms with Crippen LogP contribution in [0.15, 0.2) is 24.0 Å². The van der Waals surface area contributed by atoms with E-state index in [4.69, 9.17) is 4.74 Å². The largest absolute Gasteiger partial charge is 0.490 e. The highest BCUT2D eigenvalue weighted by molar-refractivity contribution is 5.82. The third-order valence-electron chi connectivity index (χ3n) is 1.98. The minimum atomic E-state index is -0.364. The number of allylic oxidation sites excluding steroid dienone is 1. The number of carbonyl (C=O) groups excluding carboxylic acids is 1. The molecule has 3 nitrogen and oxygen atoms in total. The van der Waals surface area contributed by atoms with E-state index in [9.17, 15) is 4.79 Å². The first kappa shape index (κ1) is 9.84. The maximum Gasteiger partial charge on any atom is 0.333 e. The number of hydrogen-bond donors (Lipinski definition) is 0. The Morgan fingerprint density at radius 3 is 2.92 bits per heavy atom. The van der Waals surface area contributed by atoms with Crippen molar-refractivity contribution in [3.63, 3.8) is 0 Å². The summed E-state index contributed by atoms with van der Waals surface area (Å²) in [7, 11) is 1.35. The van der Waals surface area contributed by atoms with Crippen LogP contribution in [-0.4, -0.2) is 19.2 Å². The van der Waals surface area contributed by atoms with Crippen LogP contribution < -0.4 is 0 Å². The Hall–Kier alpha value is -1.25. The van der Waals surface area contributed by atoms with Crippen molar-refractivity contribution >= 4 is 5.97 Å². The van der Waals surface area contributed by atoms with Gasteiger partial charge in [-0.2, -0.15) is 0 Å². The molecule has 1 heterocycles. The fraction of sp³-hybridized carbons (Fsp3) is 0.500. The summed E-state index contributed by atoms with van der Waals surface area (Å²) in [6.45, 7) is 5.72. The molecule has 0 aromatic carbocycles. The van der Waals surface area contributed by atoms with Crippen molar-refractivity contribution in [2.24, 2.45) is 0 Å². The molecule has 1 fully saturated rings. The summed E-state index contributed by atoms with van der Waals surface area (Å²) in [5.41, 5.74) is 0.994. The SMILES string of the molecule is C=C(C)C1CC/C(=C\C(=O)OC)O1. The fourth-order valence-corrected chi connectivity index (χ4v) is 1.22. The quantitative estimate of drug-likeness (QED) is 0.371. The van der Waals surface area contributed by atoms with Crippen molar-refractivity contribution in [3.05, 3.63) is 24.0 Å². The van der Waals surface area contributed by atoms with Gasteiger partial charge in [0.25, 0.3) is 0 Å². The number of carbonyl (C=O) groups is 1. The lowest BCUT2D eigenvalue weighted by Gasteiger charge is -2.08. The molecule has 1 aliphatic rings. The maximum absolute atomic E-state index is 10.8. The third kappa shape index (κ3) is 2.61. The predicted octanol–water partition coefficient (Wildman–Crippen LogP) is 1.80. The second-order valence-corrected chi connectivity index (χ2v) is 3.13. The second-order valence-electron chi connectivity index (χ2n) is 3.13. The minimum absolute atomic E-state index is 0.0657. The van der Waals surface area contributed by atoms with E-state index in [0.717, 1.165) is 18.4 Å². The standard InChI is InChI=1S/C10H14O3/c1-7(2)9-5-4-8(13-9)6-10(11)12-3/h6,9H,1,4-5H2,2-3H3/b8-6+. The van der Waals surface area contributed by atoms with Gasteiger partial charge in [0, 0.05) is 6.42 Å². The molecule has 1 saturated heterocycles. The smallest absolute Gasteiger partial charge is 0.333 e. The zero-order valence-corrected chi connectivity index (χ0v) is 8.00. The van der Waals surface area contributed by atoms with Crippen molar-refractivity contribution < 1.29 is 14.3 Å². The van der Waals surface area contributed by atoms with E-state index in [1.165, 1.54) is 13.2 Å². The second kappa shape index (κ2) is 4.12. The van der Waals surface area contributed by atoms with Crippen LogP contribution in [0.1, 0.15) is 19.8 Å². The summed E-state index contributed by atoms with van der Waals surface area (Å²) in [6, 6.07) is 0. The number of hydrogen-bond acceptors (Lipinski definition) is 3. The number of esters is 1. The van der Waals surface area contributed by atoms with Gasteiger partial charge in [-0.25, -0.2) is 4.79 Å². The summed E-state index contributed by atoms with van der Waals surface area (Å²) in [5, 5.41) is 0. The first-order chi connectivity index (χ1) is 6.13. The van der Waals surface area contributed by atoms with Crippen molar-refractivity contribution in [2.45, 2.75) is 25.9 Å². The van der Waals surface area contributed by atoms with E-state index in [1.54, 1.807) is 0 Å². The molecule has 0 N–H and O–H groups in total. The summed E-state index contributed by atoms with van der Waals surface area (Å²) >= 11 is 0. The molecule has 1 unspecified atom stereocenters. The van der Waals surface area contributed by atoms with E-state index in [0.29, 0.717) is 5.76 Å². The Morgan fingerprint density at radius 1 is 1.77 bits per heavy atom. The van der Waals surface area contributed by atoms with E-state index < -0.39 is 0 Å². The van der Waals surface area contributed by atoms with Crippen molar-refractivity contribution in [1.82, 2.24) is 0 Å². The molecule has 1 aliphatic heterocycles. The highest BCUT2D eigenvalue weighted by Gasteiger charge is 2.21. The van der Waals surface area contributed by atoms with Crippen LogP contribution >= 0.6 is 0 Å². The van der Waals surface area contributed by atoms with Crippen LogP contribution in [0.3, 0.4) is 0 Å². The lowest BCUT2D eigenvalue weighted by molar-refractivity contribution is -0.135. The van der Waals surface area contributed by atoms with Gasteiger partial charge in [0.1, 0.15) is 11.9 Å². The van der Waals surface area contributed by atoms with Crippen molar-refractivity contribution in [1.29, 1.82) is 0 Å². The van der Waals surface area contributed by atoms with Gasteiger partial charge in [-0.05, 0) is 18.9 Å². The Bertz CT molecular complexity index is 253. The molecule has 0 spiro atoms. The molecule has 0 bridgehead atoms. The molecule has 3 heteroatoms. The van der Waals surface area contributed by atoms with Crippen LogP contribution in [-0.2, 0) is 14.3 Å². The van der Waals surface area contributed by atoms with Crippen LogP contribution in [0.25, 0.3) is 0 Å². The molecule has 0 radical (unpaired) electrons. The lowest BCUT2D eigenvalue weighted by atomic mass is 10.1. The van der Waals surface area contributed by atoms with Crippen LogP contribution in [0.5, 0.6) is 0 Å². The molecule has 0 saturated carbocycles. The van der Waals surface area contributed by atoms with Gasteiger partial charge in [-0.1, -0.05) is 6.58 Å². The predicted molar refractivity (Wildman–Crippen MR) is 49.0 cm³/mol. The normalized spacial score (nSPS) is 24.2. The van der Waals surface area contributed by atoms with Gasteiger partial charge >= 0.3 is 5.97 Å². The molecular weight excluding hydrogens is 168 g/mol. The Kier molecular flexibility index (Phi) is 3.12. The molecule has 72 valence electrons. The molecule has 13 heavy (non-hydrogen) atoms. The number of rotatable bonds is 2. The first-order valence-corrected chi connectivity index (χ1v) is 4.24. The van der Waals surface area contributed by atoms with Gasteiger partial charge in [0.05, 0.1) is 13.2 Å². The molecule has 0 aromatic heterocycles. The number of methoxy groups -OCH3 is 1. The monoisotopic (exact) mass is 182 g/mol. The highest BCUT2D eigenvalue weighted by atomic mass is 16.5. The molecule has 0 aliphatic carbocycles. The van der Waals surface area contributed by atoms with Gasteiger partial charge in [0.2, 0.25) is 0 Å². The minimum Gasteiger partial charge on any atom is -0.490 e. The summed E-state index contributed by atoms with van der Waals surface area (Å²) in [4.78, 5) is 10.8. The molecule has 1 rings (SSSR count). The molecule has 0 amide bonds. The molecular formula is C10H14O3. The third-order valence-corrected chi connectivity index (χ3v) is 1.98. The first-order valence-electron chi connectivity index (χ1n) is 4.24. The van der Waals surface area contributed by atoms with Gasteiger partial charge < -0.3 is 9.47 Å². The van der Waals surface area contributed by atoms with E-state index in [-0.39, 0.29) is 12.1 Å². The average Bonchev–Trinajstić information content (AvgIpc) is 2.52. The fourth-order valence-electron chi connectivity index (χ4n) is 1.22. The topological polar surface area (TPSA) is 35.5 Å². The van der Waals surface area contributed by atoms with Crippen LogP contribution in [0.2, 0.25) is 0 Å². The van der Waals surface area contributed by atoms with Crippen molar-refractivity contribution in [2.75, 3.05) is 7.11 Å². The average molecular weight is 182 g/mol. The summed E-state index contributed by atoms with van der Waals surface area (Å²) < 4.78 is 9.95. The van der Waals surface area contributed by atoms with Crippen LogP contribution in [0, 0.1) is 0 Å². The summed E-state index contributed by atoms with van der Waals surface area (Å²) in [5.74, 6) is 0.331. The Balaban J connectivity index is 2.54. The van der Waals surface area contributed by atoms with E-state index in [2.05, 4.69) is 11.3 Å². The Labute approximate surface area is 78.0 Å². The molecule has 1 atom stereocenters. The van der Waals surface area contributed by atoms with Crippen LogP contribution in [0.4, 0.5) is 0 Å².